The van der Waals surface area contributed by atoms with Crippen LogP contribution in [0.2, 0.25) is 183 Å². The number of rotatable bonds is 18. The van der Waals surface area contributed by atoms with Crippen LogP contribution in [0.5, 0.6) is 0 Å². The number of hydrogen-bond acceptors (Lipinski definition) is 2. The predicted molar refractivity (Wildman–Crippen MR) is 241 cm³/mol. The second-order valence-electron chi connectivity index (χ2n) is 24.1. The summed E-state index contributed by atoms with van der Waals surface area (Å²) in [5.74, 6) is 0.604. The lowest BCUT2D eigenvalue weighted by atomic mass is 9.73. The van der Waals surface area contributed by atoms with Crippen molar-refractivity contribution in [3.63, 3.8) is 0 Å². The summed E-state index contributed by atoms with van der Waals surface area (Å²) in [5, 5.41) is 4.12. The van der Waals surface area contributed by atoms with Crippen LogP contribution in [0.15, 0.2) is 0 Å². The molecule has 0 amide bonds. The zero-order valence-electron chi connectivity index (χ0n) is 36.1. The topological polar surface area (TPSA) is 18.5 Å². The Morgan fingerprint density at radius 2 is 0.511 bits per heavy atom. The molecule has 0 spiro atoms. The molecule has 0 aromatic heterocycles. The van der Waals surface area contributed by atoms with Crippen molar-refractivity contribution in [1.29, 1.82) is 0 Å². The van der Waals surface area contributed by atoms with Crippen LogP contribution in [0.3, 0.4) is 0 Å². The molecule has 45 heavy (non-hydrogen) atoms. The van der Waals surface area contributed by atoms with E-state index in [1.807, 2.05) is 0 Å². The first kappa shape index (κ1) is 47.3. The van der Waals surface area contributed by atoms with Crippen molar-refractivity contribution in [2.75, 3.05) is 0 Å². The first-order valence-electron chi connectivity index (χ1n) is 18.6. The van der Waals surface area contributed by atoms with Gasteiger partial charge in [-0.05, 0) is 25.5 Å². The third kappa shape index (κ3) is 14.8. The van der Waals surface area contributed by atoms with Crippen molar-refractivity contribution in [2.24, 2.45) is 5.92 Å². The summed E-state index contributed by atoms with van der Waals surface area (Å²) in [6.07, 6.45) is 0. The maximum absolute atomic E-state index is 8.09. The minimum absolute atomic E-state index is 0.382. The van der Waals surface area contributed by atoms with E-state index in [0.29, 0.717) is 19.7 Å². The standard InChI is InChI=1S/2C14H38BOSi4.C4H9.Al/c2*1-17(2,3)13(18(4,5)6)15(16)14(19(7,8)9)20(10,11)12;1-4(2)3;/h2*13-14H,1-12H3;4H,1H2,2-3H3;/q2*-1;;+2. The molecule has 0 fully saturated rings. The summed E-state index contributed by atoms with van der Waals surface area (Å²) >= 11 is -2.03. The molecular formula is C32H85AlB2O2Si8. The molecule has 2 nitrogen and oxygen atoms in total. The Morgan fingerprint density at radius 1 is 0.356 bits per heavy atom. The molecular weight excluding hydrogens is 690 g/mol. The lowest BCUT2D eigenvalue weighted by molar-refractivity contribution is 0.415. The van der Waals surface area contributed by atoms with Crippen molar-refractivity contribution in [3.8, 4) is 0 Å². The van der Waals surface area contributed by atoms with Gasteiger partial charge >= 0.3 is 14.8 Å². The maximum atomic E-state index is 8.09. The highest BCUT2D eigenvalue weighted by atomic mass is 28.4. The first-order valence-corrected chi connectivity index (χ1v) is 48.9. The monoisotopic (exact) mass is 774 g/mol. The molecule has 266 valence electrons. The second-order valence-corrected chi connectivity index (χ2v) is 71.1. The fraction of sp³-hybridized carbons (Fsp3) is 1.00. The van der Waals surface area contributed by atoms with Crippen LogP contribution in [0, 0.1) is 5.92 Å². The van der Waals surface area contributed by atoms with Gasteiger partial charge in [-0.2, -0.15) is 0 Å². The van der Waals surface area contributed by atoms with E-state index in [2.05, 4.69) is 171 Å². The fourth-order valence-electron chi connectivity index (χ4n) is 10.7. The van der Waals surface area contributed by atoms with Crippen molar-refractivity contribution in [1.82, 2.24) is 0 Å². The molecule has 0 saturated heterocycles. The normalized spacial score (nSPS) is 15.3. The summed E-state index contributed by atoms with van der Waals surface area (Å²) in [7, 11) is -12.3. The zero-order valence-corrected chi connectivity index (χ0v) is 45.3. The predicted octanol–water partition coefficient (Wildman–Crippen LogP) is 12.6. The van der Waals surface area contributed by atoms with Gasteiger partial charge in [0.15, 0.2) is 0 Å². The van der Waals surface area contributed by atoms with Gasteiger partial charge in [-0.1, -0.05) is 177 Å². The van der Waals surface area contributed by atoms with Gasteiger partial charge in [0, 0.05) is 64.6 Å². The third-order valence-corrected chi connectivity index (χ3v) is 51.0. The average molecular weight is 775 g/mol. The van der Waals surface area contributed by atoms with Gasteiger partial charge in [0.2, 0.25) is 0 Å². The Morgan fingerprint density at radius 3 is 0.622 bits per heavy atom. The van der Waals surface area contributed by atoms with Crippen molar-refractivity contribution < 1.29 is 7.41 Å². The van der Waals surface area contributed by atoms with Crippen molar-refractivity contribution >= 4 is 93.2 Å². The van der Waals surface area contributed by atoms with Crippen LogP contribution >= 0.6 is 0 Å². The van der Waals surface area contributed by atoms with Crippen LogP contribution in [-0.2, 0) is 7.41 Å². The average Bonchev–Trinajstić information content (AvgIpc) is 2.56. The fourth-order valence-corrected chi connectivity index (χ4v) is 67.5. The van der Waals surface area contributed by atoms with Gasteiger partial charge in [-0.15, -0.1) is 0 Å². The molecule has 0 atom stereocenters. The van der Waals surface area contributed by atoms with E-state index in [1.165, 1.54) is 0 Å². The molecule has 0 N–H and O–H groups in total. The molecule has 0 bridgehead atoms. The Balaban J connectivity index is 7.87. The highest BCUT2D eigenvalue weighted by Gasteiger charge is 2.59. The van der Waals surface area contributed by atoms with E-state index < -0.39 is 79.4 Å². The van der Waals surface area contributed by atoms with Gasteiger partial charge in [-0.25, -0.2) is 0 Å². The Bertz CT molecular complexity index is 725. The van der Waals surface area contributed by atoms with Crippen LogP contribution < -0.4 is 0 Å². The van der Waals surface area contributed by atoms with E-state index in [4.69, 9.17) is 7.41 Å². The van der Waals surface area contributed by atoms with Gasteiger partial charge in [-0.3, -0.25) is 0 Å². The Hall–Kier alpha value is 2.32. The molecule has 0 heterocycles. The van der Waals surface area contributed by atoms with E-state index in [1.54, 1.807) is 0 Å². The Labute approximate surface area is 300 Å². The smallest absolute Gasteiger partial charge is 0.546 e. The molecule has 13 heteroatoms. The summed E-state index contributed by atoms with van der Waals surface area (Å²) in [6.45, 7) is 69.6. The van der Waals surface area contributed by atoms with Crippen LogP contribution in [-0.4, -0.2) is 93.2 Å². The summed E-state index contributed by atoms with van der Waals surface area (Å²) in [6, 6.07) is 0. The van der Waals surface area contributed by atoms with E-state index in [-0.39, 0.29) is 0 Å². The van der Waals surface area contributed by atoms with Crippen molar-refractivity contribution in [2.45, 2.75) is 197 Å². The van der Waals surface area contributed by atoms with Gasteiger partial charge in [0.1, 0.15) is 0 Å². The molecule has 0 radical (unpaired) electrons. The number of hydrogen-bond donors (Lipinski definition) is 0. The first-order chi connectivity index (χ1) is 19.2. The molecule has 0 aliphatic carbocycles. The minimum atomic E-state index is -2.03. The lowest BCUT2D eigenvalue weighted by Gasteiger charge is -2.53. The highest BCUT2D eigenvalue weighted by molar-refractivity contribution is 7.18. The summed E-state index contributed by atoms with van der Waals surface area (Å²) < 4.78 is 16.2. The zero-order chi connectivity index (χ0) is 36.7. The van der Waals surface area contributed by atoms with E-state index in [9.17, 15) is 0 Å². The minimum Gasteiger partial charge on any atom is -0.546 e. The Kier molecular flexibility index (Phi) is 16.7. The molecule has 0 saturated carbocycles. The van der Waals surface area contributed by atoms with Gasteiger partial charge in [0.05, 0.1) is 0 Å². The van der Waals surface area contributed by atoms with Crippen LogP contribution in [0.4, 0.5) is 0 Å². The molecule has 0 rings (SSSR count). The van der Waals surface area contributed by atoms with E-state index in [0.717, 1.165) is 25.5 Å². The molecule has 0 aliphatic heterocycles. The second kappa shape index (κ2) is 15.9. The third-order valence-electron chi connectivity index (χ3n) is 10.1. The van der Waals surface area contributed by atoms with Crippen molar-refractivity contribution in [3.05, 3.63) is 0 Å². The highest BCUT2D eigenvalue weighted by Crippen LogP contribution is 2.49. The summed E-state index contributed by atoms with van der Waals surface area (Å²) in [4.78, 5) is 0. The van der Waals surface area contributed by atoms with Crippen LogP contribution in [0.1, 0.15) is 13.8 Å². The molecule has 0 aromatic rings. The van der Waals surface area contributed by atoms with E-state index >= 15 is 0 Å². The quantitative estimate of drug-likeness (QED) is 0.129. The SMILES string of the molecule is CC(C)[CH2][Al]([O]B(C([Si](C)(C)C)[Si](C)(C)C)C([Si](C)(C)C)[Si](C)(C)C)[O]B(C([Si](C)(C)C)[Si](C)(C)C)C([Si](C)(C)C)[Si](C)(C)C. The van der Waals surface area contributed by atoms with Gasteiger partial charge < -0.3 is 7.41 Å². The maximum Gasteiger partial charge on any atom is 0.643 e. The molecule has 0 unspecified atom stereocenters. The lowest BCUT2D eigenvalue weighted by Crippen LogP contribution is -2.65. The largest absolute Gasteiger partial charge is 0.643 e. The molecule has 0 aliphatic rings. The molecule has 0 aromatic carbocycles. The van der Waals surface area contributed by atoms with Crippen LogP contribution in [0.25, 0.3) is 0 Å². The van der Waals surface area contributed by atoms with Gasteiger partial charge in [0.25, 0.3) is 13.8 Å². The summed E-state index contributed by atoms with van der Waals surface area (Å²) in [5.41, 5.74) is 0.